The van der Waals surface area contributed by atoms with Crippen molar-refractivity contribution in [3.05, 3.63) is 155 Å². The molecule has 0 bridgehead atoms. The SMILES string of the molecule is O=C(NCCCNc1nc(C(=O)NCCNC(=O)OCc2ccccc2)c(NCCCNC(=O)OCc2ccccc2)nc1C(=O)NCCNC(=O)OCc1ccccc1)OCc1ccccc1. The molecule has 5 rings (SSSR count). The van der Waals surface area contributed by atoms with Crippen molar-refractivity contribution in [2.45, 2.75) is 39.3 Å². The number of aromatic nitrogens is 2. The van der Waals surface area contributed by atoms with E-state index in [1.54, 1.807) is 0 Å². The topological polar surface area (TPSA) is 261 Å². The largest absolute Gasteiger partial charge is 0.445 e. The van der Waals surface area contributed by atoms with Gasteiger partial charge in [0.05, 0.1) is 0 Å². The van der Waals surface area contributed by atoms with E-state index in [2.05, 4.69) is 52.5 Å². The third kappa shape index (κ3) is 19.4. The van der Waals surface area contributed by atoms with E-state index in [1.165, 1.54) is 0 Å². The second-order valence-electron chi connectivity index (χ2n) is 14.6. The summed E-state index contributed by atoms with van der Waals surface area (Å²) < 4.78 is 21.0. The number of carbonyl (C=O) groups excluding carboxylic acids is 6. The molecule has 0 radical (unpaired) electrons. The molecular weight excluding hydrogens is 877 g/mol. The second-order valence-corrected chi connectivity index (χ2v) is 14.6. The van der Waals surface area contributed by atoms with E-state index in [1.807, 2.05) is 121 Å². The van der Waals surface area contributed by atoms with Crippen molar-refractivity contribution in [1.29, 1.82) is 0 Å². The van der Waals surface area contributed by atoms with Gasteiger partial charge >= 0.3 is 24.4 Å². The summed E-state index contributed by atoms with van der Waals surface area (Å²) >= 11 is 0. The fraction of sp³-hybridized carbons (Fsp3) is 0.292. The van der Waals surface area contributed by atoms with Gasteiger partial charge in [0.25, 0.3) is 11.8 Å². The highest BCUT2D eigenvalue weighted by atomic mass is 16.6. The molecule has 5 aromatic rings. The average Bonchev–Trinajstić information content (AvgIpc) is 3.37. The number of amides is 6. The van der Waals surface area contributed by atoms with Gasteiger partial charge in [0.15, 0.2) is 23.0 Å². The molecule has 8 N–H and O–H groups in total. The summed E-state index contributed by atoms with van der Waals surface area (Å²) in [6.07, 6.45) is -1.87. The summed E-state index contributed by atoms with van der Waals surface area (Å²) in [7, 11) is 0. The molecule has 0 saturated heterocycles. The predicted molar refractivity (Wildman–Crippen MR) is 251 cm³/mol. The van der Waals surface area contributed by atoms with Crippen LogP contribution in [0.4, 0.5) is 30.8 Å². The number of nitrogens with zero attached hydrogens (tertiary/aromatic N) is 2. The van der Waals surface area contributed by atoms with Gasteiger partial charge in [-0.15, -0.1) is 0 Å². The van der Waals surface area contributed by atoms with Crippen molar-refractivity contribution in [3.63, 3.8) is 0 Å². The first-order chi connectivity index (χ1) is 33.2. The Morgan fingerprint density at radius 1 is 0.338 bits per heavy atom. The van der Waals surface area contributed by atoms with Crippen molar-refractivity contribution in [2.75, 3.05) is 63.0 Å². The number of carbonyl (C=O) groups is 6. The third-order valence-electron chi connectivity index (χ3n) is 9.37. The minimum absolute atomic E-state index is 0.0157. The molecule has 1 aromatic heterocycles. The van der Waals surface area contributed by atoms with E-state index < -0.39 is 36.2 Å². The van der Waals surface area contributed by atoms with Crippen LogP contribution in [0.3, 0.4) is 0 Å². The zero-order chi connectivity index (χ0) is 48.0. The lowest BCUT2D eigenvalue weighted by molar-refractivity contribution is 0.0934. The van der Waals surface area contributed by atoms with Gasteiger partial charge in [0.1, 0.15) is 26.4 Å². The van der Waals surface area contributed by atoms with Crippen LogP contribution in [0, 0.1) is 0 Å². The molecule has 4 aromatic carbocycles. The van der Waals surface area contributed by atoms with Crippen LogP contribution in [0.15, 0.2) is 121 Å². The number of benzene rings is 4. The lowest BCUT2D eigenvalue weighted by Crippen LogP contribution is -2.37. The molecular formula is C48H56N10O10. The number of ether oxygens (including phenoxy) is 4. The molecule has 0 spiro atoms. The Morgan fingerprint density at radius 2 is 0.603 bits per heavy atom. The maximum absolute atomic E-state index is 13.7. The molecule has 6 amide bonds. The van der Waals surface area contributed by atoms with E-state index in [4.69, 9.17) is 18.9 Å². The Morgan fingerprint density at radius 3 is 0.897 bits per heavy atom. The summed E-state index contributed by atoms with van der Waals surface area (Å²) in [5.41, 5.74) is 2.91. The van der Waals surface area contributed by atoms with Gasteiger partial charge in [0.2, 0.25) is 0 Å². The molecule has 0 atom stereocenters. The van der Waals surface area contributed by atoms with Gasteiger partial charge in [0, 0.05) is 52.4 Å². The Balaban J connectivity index is 1.22. The minimum Gasteiger partial charge on any atom is -0.445 e. The predicted octanol–water partition coefficient (Wildman–Crippen LogP) is 5.25. The fourth-order valence-electron chi connectivity index (χ4n) is 5.92. The highest BCUT2D eigenvalue weighted by Crippen LogP contribution is 2.19. The lowest BCUT2D eigenvalue weighted by Gasteiger charge is -2.17. The molecule has 0 fully saturated rings. The van der Waals surface area contributed by atoms with Gasteiger partial charge < -0.3 is 61.5 Å². The summed E-state index contributed by atoms with van der Waals surface area (Å²) in [5.74, 6) is -1.47. The van der Waals surface area contributed by atoms with E-state index in [9.17, 15) is 28.8 Å². The van der Waals surface area contributed by atoms with Crippen LogP contribution >= 0.6 is 0 Å². The van der Waals surface area contributed by atoms with Crippen LogP contribution in [0.1, 0.15) is 56.1 Å². The average molecular weight is 933 g/mol. The molecule has 0 aliphatic rings. The smallest absolute Gasteiger partial charge is 0.407 e. The molecule has 20 nitrogen and oxygen atoms in total. The van der Waals surface area contributed by atoms with Gasteiger partial charge in [-0.1, -0.05) is 121 Å². The third-order valence-corrected chi connectivity index (χ3v) is 9.37. The van der Waals surface area contributed by atoms with E-state index in [0.29, 0.717) is 12.8 Å². The summed E-state index contributed by atoms with van der Waals surface area (Å²) in [6, 6.07) is 36.7. The van der Waals surface area contributed by atoms with Crippen molar-refractivity contribution in [1.82, 2.24) is 41.9 Å². The van der Waals surface area contributed by atoms with Crippen LogP contribution < -0.4 is 42.5 Å². The first-order valence-corrected chi connectivity index (χ1v) is 22.0. The van der Waals surface area contributed by atoms with Crippen LogP contribution in [0.25, 0.3) is 0 Å². The molecule has 358 valence electrons. The van der Waals surface area contributed by atoms with E-state index >= 15 is 0 Å². The number of anilines is 2. The van der Waals surface area contributed by atoms with Gasteiger partial charge in [-0.2, -0.15) is 0 Å². The number of alkyl carbamates (subject to hydrolysis) is 4. The van der Waals surface area contributed by atoms with E-state index in [-0.39, 0.29) is 102 Å². The van der Waals surface area contributed by atoms with Crippen LogP contribution in [-0.2, 0) is 45.4 Å². The minimum atomic E-state index is -0.682. The number of rotatable bonds is 26. The highest BCUT2D eigenvalue weighted by Gasteiger charge is 2.23. The van der Waals surface area contributed by atoms with Crippen molar-refractivity contribution < 1.29 is 47.7 Å². The highest BCUT2D eigenvalue weighted by molar-refractivity contribution is 6.01. The van der Waals surface area contributed by atoms with Crippen molar-refractivity contribution >= 4 is 47.8 Å². The number of hydrogen-bond donors (Lipinski definition) is 8. The van der Waals surface area contributed by atoms with Crippen LogP contribution in [0.5, 0.6) is 0 Å². The lowest BCUT2D eigenvalue weighted by atomic mass is 10.2. The summed E-state index contributed by atoms with van der Waals surface area (Å²) in [4.78, 5) is 85.9. The first-order valence-electron chi connectivity index (χ1n) is 22.0. The quantitative estimate of drug-likeness (QED) is 0.0261. The maximum Gasteiger partial charge on any atom is 0.407 e. The van der Waals surface area contributed by atoms with Crippen molar-refractivity contribution in [2.24, 2.45) is 0 Å². The van der Waals surface area contributed by atoms with Gasteiger partial charge in [-0.3, -0.25) is 9.59 Å². The zero-order valence-corrected chi connectivity index (χ0v) is 37.4. The first kappa shape index (κ1) is 50.6. The molecule has 68 heavy (non-hydrogen) atoms. The Labute approximate surface area is 393 Å². The summed E-state index contributed by atoms with van der Waals surface area (Å²) in [6.45, 7) is 1.07. The molecule has 1 heterocycles. The normalized spacial score (nSPS) is 10.4. The molecule has 0 unspecified atom stereocenters. The van der Waals surface area contributed by atoms with Crippen LogP contribution in [-0.4, -0.2) is 98.5 Å². The Kier molecular flexibility index (Phi) is 21.7. The molecule has 0 aliphatic heterocycles. The van der Waals surface area contributed by atoms with Crippen molar-refractivity contribution in [3.8, 4) is 0 Å². The molecule has 0 aliphatic carbocycles. The fourth-order valence-corrected chi connectivity index (χ4v) is 5.92. The number of hydrogen-bond acceptors (Lipinski definition) is 14. The Bertz CT molecular complexity index is 2180. The van der Waals surface area contributed by atoms with E-state index in [0.717, 1.165) is 22.3 Å². The standard InChI is InChI=1S/C48H56N10O10/c59-43(51-27-29-55-47(63)67-33-37-19-9-3-10-20-37)39-41(49-23-13-25-53-45(61)65-31-35-15-5-1-6-16-35)57-40(44(60)52-28-30-56-48(64)68-34-38-21-11-4-12-22-38)42(58-39)50-24-14-26-54-46(62)66-32-36-17-7-2-8-18-36/h1-12,15-22H,13-14,23-34H2,(H,49,57)(H,50,58)(H,51,59)(H,52,60)(H,53,61)(H,54,62)(H,55,63)(H,56,64). The monoisotopic (exact) mass is 932 g/mol. The van der Waals surface area contributed by atoms with Gasteiger partial charge in [-0.25, -0.2) is 29.1 Å². The molecule has 20 heteroatoms. The van der Waals surface area contributed by atoms with Gasteiger partial charge in [-0.05, 0) is 35.1 Å². The molecule has 0 saturated carbocycles. The number of nitrogens with one attached hydrogen (secondary N) is 8. The second kappa shape index (κ2) is 29.2. The maximum atomic E-state index is 13.7. The zero-order valence-electron chi connectivity index (χ0n) is 37.4. The summed E-state index contributed by atoms with van der Waals surface area (Å²) in [5, 5.41) is 22.0. The van der Waals surface area contributed by atoms with Crippen LogP contribution in [0.2, 0.25) is 0 Å². The Hall–Kier alpha value is -8.42.